The summed E-state index contributed by atoms with van der Waals surface area (Å²) in [5, 5.41) is 10.2. The highest BCUT2D eigenvalue weighted by Crippen LogP contribution is 2.22. The number of aromatic nitrogens is 1. The van der Waals surface area contributed by atoms with Gasteiger partial charge < -0.3 is 9.84 Å². The predicted octanol–water partition coefficient (Wildman–Crippen LogP) is 2.13. The van der Waals surface area contributed by atoms with Gasteiger partial charge in [0.25, 0.3) is 0 Å². The zero-order valence-corrected chi connectivity index (χ0v) is 8.60. The number of nitrogens with zero attached hydrogens (tertiary/aromatic N) is 1. The SMILES string of the molecule is CCOc1nc2ccccc2cc1CO. The highest BCUT2D eigenvalue weighted by Gasteiger charge is 2.06. The van der Waals surface area contributed by atoms with E-state index < -0.39 is 0 Å². The molecule has 0 bridgehead atoms. The van der Waals surface area contributed by atoms with Crippen molar-refractivity contribution in [1.82, 2.24) is 4.98 Å². The average molecular weight is 203 g/mol. The van der Waals surface area contributed by atoms with Crippen LogP contribution in [-0.4, -0.2) is 16.7 Å². The van der Waals surface area contributed by atoms with Gasteiger partial charge in [0.15, 0.2) is 0 Å². The highest BCUT2D eigenvalue weighted by atomic mass is 16.5. The van der Waals surface area contributed by atoms with Gasteiger partial charge in [0.2, 0.25) is 5.88 Å². The molecule has 1 N–H and O–H groups in total. The molecular weight excluding hydrogens is 190 g/mol. The molecule has 2 aromatic rings. The fourth-order valence-electron chi connectivity index (χ4n) is 1.52. The van der Waals surface area contributed by atoms with Gasteiger partial charge in [0.1, 0.15) is 0 Å². The van der Waals surface area contributed by atoms with Crippen molar-refractivity contribution in [3.8, 4) is 5.88 Å². The molecule has 0 atom stereocenters. The zero-order valence-electron chi connectivity index (χ0n) is 8.60. The lowest BCUT2D eigenvalue weighted by Gasteiger charge is -2.08. The van der Waals surface area contributed by atoms with E-state index in [-0.39, 0.29) is 6.61 Å². The number of hydrogen-bond donors (Lipinski definition) is 1. The van der Waals surface area contributed by atoms with Crippen LogP contribution in [0.25, 0.3) is 10.9 Å². The van der Waals surface area contributed by atoms with Gasteiger partial charge >= 0.3 is 0 Å². The Hall–Kier alpha value is -1.61. The van der Waals surface area contributed by atoms with E-state index in [4.69, 9.17) is 4.74 Å². The number of ether oxygens (including phenoxy) is 1. The zero-order chi connectivity index (χ0) is 10.7. The molecule has 0 spiro atoms. The van der Waals surface area contributed by atoms with Crippen LogP contribution in [-0.2, 0) is 6.61 Å². The molecule has 0 amide bonds. The lowest BCUT2D eigenvalue weighted by atomic mass is 10.1. The van der Waals surface area contributed by atoms with E-state index in [0.29, 0.717) is 12.5 Å². The highest BCUT2D eigenvalue weighted by molar-refractivity contribution is 5.79. The van der Waals surface area contributed by atoms with Gasteiger partial charge in [-0.25, -0.2) is 4.98 Å². The number of aliphatic hydroxyl groups excluding tert-OH is 1. The third-order valence-corrected chi connectivity index (χ3v) is 2.21. The molecule has 15 heavy (non-hydrogen) atoms. The Morgan fingerprint density at radius 1 is 1.33 bits per heavy atom. The maximum atomic E-state index is 9.18. The fraction of sp³-hybridized carbons (Fsp3) is 0.250. The summed E-state index contributed by atoms with van der Waals surface area (Å²) in [6.45, 7) is 2.41. The molecule has 0 aliphatic rings. The number of pyridine rings is 1. The number of benzene rings is 1. The summed E-state index contributed by atoms with van der Waals surface area (Å²) in [7, 11) is 0. The average Bonchev–Trinajstić information content (AvgIpc) is 2.28. The van der Waals surface area contributed by atoms with Gasteiger partial charge in [-0.1, -0.05) is 18.2 Å². The summed E-state index contributed by atoms with van der Waals surface area (Å²) < 4.78 is 5.36. The molecule has 78 valence electrons. The van der Waals surface area contributed by atoms with Crippen molar-refractivity contribution in [2.45, 2.75) is 13.5 Å². The second-order valence-corrected chi connectivity index (χ2v) is 3.24. The van der Waals surface area contributed by atoms with E-state index in [1.165, 1.54) is 0 Å². The van der Waals surface area contributed by atoms with Gasteiger partial charge in [-0.15, -0.1) is 0 Å². The van der Waals surface area contributed by atoms with Crippen LogP contribution in [0.4, 0.5) is 0 Å². The summed E-state index contributed by atoms with van der Waals surface area (Å²) >= 11 is 0. The molecule has 0 saturated carbocycles. The molecule has 0 saturated heterocycles. The van der Waals surface area contributed by atoms with Crippen LogP contribution in [0.15, 0.2) is 30.3 Å². The molecule has 1 aromatic carbocycles. The van der Waals surface area contributed by atoms with Crippen LogP contribution in [0.2, 0.25) is 0 Å². The van der Waals surface area contributed by atoms with E-state index >= 15 is 0 Å². The first kappa shape index (κ1) is 9.93. The van der Waals surface area contributed by atoms with Crippen molar-refractivity contribution in [2.75, 3.05) is 6.61 Å². The van der Waals surface area contributed by atoms with Crippen molar-refractivity contribution >= 4 is 10.9 Å². The summed E-state index contributed by atoms with van der Waals surface area (Å²) in [6.07, 6.45) is 0. The monoisotopic (exact) mass is 203 g/mol. The van der Waals surface area contributed by atoms with Crippen LogP contribution in [0.5, 0.6) is 5.88 Å². The quantitative estimate of drug-likeness (QED) is 0.830. The van der Waals surface area contributed by atoms with Gasteiger partial charge in [-0.3, -0.25) is 0 Å². The first-order valence-electron chi connectivity index (χ1n) is 4.97. The number of hydrogen-bond acceptors (Lipinski definition) is 3. The second kappa shape index (κ2) is 4.28. The molecule has 0 aliphatic heterocycles. The molecule has 0 aliphatic carbocycles. The molecule has 2 rings (SSSR count). The molecule has 3 heteroatoms. The Kier molecular flexibility index (Phi) is 2.83. The second-order valence-electron chi connectivity index (χ2n) is 3.24. The van der Waals surface area contributed by atoms with Gasteiger partial charge in [0, 0.05) is 10.9 Å². The third kappa shape index (κ3) is 1.92. The van der Waals surface area contributed by atoms with Crippen LogP contribution >= 0.6 is 0 Å². The van der Waals surface area contributed by atoms with Gasteiger partial charge in [-0.2, -0.15) is 0 Å². The minimum absolute atomic E-state index is 0.0484. The molecular formula is C12H13NO2. The Morgan fingerprint density at radius 2 is 2.13 bits per heavy atom. The third-order valence-electron chi connectivity index (χ3n) is 2.21. The Labute approximate surface area is 88.3 Å². The van der Waals surface area contributed by atoms with E-state index in [9.17, 15) is 5.11 Å². The number of fused-ring (bicyclic) bond motifs is 1. The van der Waals surface area contributed by atoms with Crippen LogP contribution < -0.4 is 4.74 Å². The summed E-state index contributed by atoms with van der Waals surface area (Å²) in [5.74, 6) is 0.527. The molecule has 0 radical (unpaired) electrons. The standard InChI is InChI=1S/C12H13NO2/c1-2-15-12-10(8-14)7-9-5-3-4-6-11(9)13-12/h3-7,14H,2,8H2,1H3. The Morgan fingerprint density at radius 3 is 2.87 bits per heavy atom. The smallest absolute Gasteiger partial charge is 0.219 e. The normalized spacial score (nSPS) is 10.5. The lowest BCUT2D eigenvalue weighted by Crippen LogP contribution is -1.99. The maximum Gasteiger partial charge on any atom is 0.219 e. The summed E-state index contributed by atoms with van der Waals surface area (Å²) in [4.78, 5) is 4.35. The van der Waals surface area contributed by atoms with Crippen molar-refractivity contribution in [2.24, 2.45) is 0 Å². The summed E-state index contributed by atoms with van der Waals surface area (Å²) in [5.41, 5.74) is 1.62. The minimum atomic E-state index is -0.0484. The van der Waals surface area contributed by atoms with Crippen molar-refractivity contribution in [1.29, 1.82) is 0 Å². The molecule has 0 unspecified atom stereocenters. The van der Waals surface area contributed by atoms with Crippen LogP contribution in [0.3, 0.4) is 0 Å². The Bertz CT molecular complexity index is 468. The Balaban J connectivity index is 2.58. The van der Waals surface area contributed by atoms with Crippen molar-refractivity contribution < 1.29 is 9.84 Å². The first-order chi connectivity index (χ1) is 7.35. The van der Waals surface area contributed by atoms with Crippen molar-refractivity contribution in [3.05, 3.63) is 35.9 Å². The molecule has 1 aromatic heterocycles. The molecule has 1 heterocycles. The van der Waals surface area contributed by atoms with Gasteiger partial charge in [0.05, 0.1) is 18.7 Å². The first-order valence-corrected chi connectivity index (χ1v) is 4.97. The number of aliphatic hydroxyl groups is 1. The number of para-hydroxylation sites is 1. The van der Waals surface area contributed by atoms with Crippen molar-refractivity contribution in [3.63, 3.8) is 0 Å². The predicted molar refractivity (Wildman–Crippen MR) is 58.8 cm³/mol. The van der Waals surface area contributed by atoms with Crippen LogP contribution in [0.1, 0.15) is 12.5 Å². The van der Waals surface area contributed by atoms with Crippen LogP contribution in [0, 0.1) is 0 Å². The number of rotatable bonds is 3. The van der Waals surface area contributed by atoms with Gasteiger partial charge in [-0.05, 0) is 19.1 Å². The molecule has 0 fully saturated rings. The largest absolute Gasteiger partial charge is 0.478 e. The van der Waals surface area contributed by atoms with E-state index in [2.05, 4.69) is 4.98 Å². The topological polar surface area (TPSA) is 42.4 Å². The van der Waals surface area contributed by atoms with E-state index in [0.717, 1.165) is 16.5 Å². The fourth-order valence-corrected chi connectivity index (χ4v) is 1.52. The lowest BCUT2D eigenvalue weighted by molar-refractivity contribution is 0.263. The maximum absolute atomic E-state index is 9.18. The molecule has 3 nitrogen and oxygen atoms in total. The van der Waals surface area contributed by atoms with E-state index in [1.54, 1.807) is 0 Å². The minimum Gasteiger partial charge on any atom is -0.478 e. The summed E-state index contributed by atoms with van der Waals surface area (Å²) in [6, 6.07) is 9.69. The van der Waals surface area contributed by atoms with E-state index in [1.807, 2.05) is 37.3 Å².